The van der Waals surface area contributed by atoms with Crippen LogP contribution in [0.1, 0.15) is 103 Å². The van der Waals surface area contributed by atoms with E-state index in [1.165, 1.54) is 95.2 Å². The normalized spacial score (nSPS) is 13.3. The maximum atomic E-state index is 5.51. The summed E-state index contributed by atoms with van der Waals surface area (Å²) in [7, 11) is 0. The average molecular weight is 420 g/mol. The molecular weight excluding hydrogens is 380 g/mol. The first-order valence-electron chi connectivity index (χ1n) is 10.3. The molecule has 0 aromatic rings. The molecule has 142 valence electrons. The Morgan fingerprint density at radius 1 is 0.708 bits per heavy atom. The molecule has 2 heteroatoms. The van der Waals surface area contributed by atoms with Crippen LogP contribution in [-0.2, 0) is 0 Å². The second-order valence-electron chi connectivity index (χ2n) is 7.06. The minimum atomic E-state index is 0.758. The summed E-state index contributed by atoms with van der Waals surface area (Å²) in [4.78, 5) is 0. The van der Waals surface area contributed by atoms with Gasteiger partial charge >= 0.3 is 0 Å². The first-order valence-corrected chi connectivity index (χ1v) is 11.8. The Hall–Kier alpha value is 0.250. The zero-order valence-corrected chi connectivity index (χ0v) is 18.3. The molecule has 0 aliphatic rings. The molecule has 1 unspecified atom stereocenters. The van der Waals surface area contributed by atoms with E-state index in [4.69, 9.17) is 11.6 Å². The molecule has 1 atom stereocenters. The number of hydrogen-bond acceptors (Lipinski definition) is 0. The Kier molecular flexibility index (Phi) is 21.5. The van der Waals surface area contributed by atoms with Crippen LogP contribution in [-0.4, -0.2) is 5.33 Å². The highest BCUT2D eigenvalue weighted by Gasteiger charge is 1.97. The largest absolute Gasteiger partial charge is 0.0933 e. The topological polar surface area (TPSA) is 0 Å². The third kappa shape index (κ3) is 20.3. The molecule has 0 saturated carbocycles. The first kappa shape index (κ1) is 24.2. The van der Waals surface area contributed by atoms with Crippen LogP contribution in [0.15, 0.2) is 23.8 Å². The molecule has 0 aliphatic carbocycles. The molecule has 0 spiro atoms. The van der Waals surface area contributed by atoms with Crippen LogP contribution >= 0.6 is 27.5 Å². The lowest BCUT2D eigenvalue weighted by Gasteiger charge is -2.06. The molecule has 0 aromatic carbocycles. The van der Waals surface area contributed by atoms with Crippen molar-refractivity contribution in [1.82, 2.24) is 0 Å². The number of rotatable bonds is 18. The molecule has 0 aliphatic heterocycles. The molecule has 0 N–H and O–H groups in total. The first-order chi connectivity index (χ1) is 11.8. The SMILES string of the molecule is CC(C=CCCCCCCCCCBr)CCCCCCCC=CCl. The smallest absolute Gasteiger partial charge is 0.00313 e. The summed E-state index contributed by atoms with van der Waals surface area (Å²) < 4.78 is 0. The molecule has 0 radical (unpaired) electrons. The van der Waals surface area contributed by atoms with Gasteiger partial charge in [-0.05, 0) is 44.4 Å². The van der Waals surface area contributed by atoms with Crippen molar-refractivity contribution in [2.24, 2.45) is 5.92 Å². The van der Waals surface area contributed by atoms with Gasteiger partial charge in [0.1, 0.15) is 0 Å². The van der Waals surface area contributed by atoms with Crippen molar-refractivity contribution < 1.29 is 0 Å². The minimum absolute atomic E-state index is 0.758. The summed E-state index contributed by atoms with van der Waals surface area (Å²) >= 11 is 9.00. The summed E-state index contributed by atoms with van der Waals surface area (Å²) in [5, 5.41) is 1.17. The van der Waals surface area contributed by atoms with Crippen LogP contribution in [0.3, 0.4) is 0 Å². The monoisotopic (exact) mass is 418 g/mol. The van der Waals surface area contributed by atoms with Gasteiger partial charge in [0.2, 0.25) is 0 Å². The molecule has 0 amide bonds. The lowest BCUT2D eigenvalue weighted by atomic mass is 10.0. The van der Waals surface area contributed by atoms with Gasteiger partial charge < -0.3 is 0 Å². The number of alkyl halides is 1. The summed E-state index contributed by atoms with van der Waals surface area (Å²) in [5.41, 5.74) is 1.64. The highest BCUT2D eigenvalue weighted by molar-refractivity contribution is 9.09. The predicted molar refractivity (Wildman–Crippen MR) is 116 cm³/mol. The lowest BCUT2D eigenvalue weighted by molar-refractivity contribution is 0.544. The highest BCUT2D eigenvalue weighted by atomic mass is 79.9. The molecule has 0 bridgehead atoms. The molecule has 0 nitrogen and oxygen atoms in total. The summed E-state index contributed by atoms with van der Waals surface area (Å²) in [5.74, 6) is 0.758. The maximum absolute atomic E-state index is 5.51. The third-order valence-corrected chi connectivity index (χ3v) is 5.33. The highest BCUT2D eigenvalue weighted by Crippen LogP contribution is 2.14. The van der Waals surface area contributed by atoms with Gasteiger partial charge in [0, 0.05) is 10.9 Å². The Morgan fingerprint density at radius 2 is 1.21 bits per heavy atom. The summed E-state index contributed by atoms with van der Waals surface area (Å²) in [6.07, 6.45) is 27.3. The van der Waals surface area contributed by atoms with Gasteiger partial charge in [0.15, 0.2) is 0 Å². The molecule has 0 fully saturated rings. The van der Waals surface area contributed by atoms with Crippen LogP contribution in [0, 0.1) is 5.92 Å². The van der Waals surface area contributed by atoms with E-state index in [-0.39, 0.29) is 0 Å². The number of unbranched alkanes of at least 4 members (excludes halogenated alkanes) is 12. The van der Waals surface area contributed by atoms with Crippen LogP contribution in [0.4, 0.5) is 0 Å². The van der Waals surface area contributed by atoms with E-state index in [1.54, 1.807) is 5.54 Å². The van der Waals surface area contributed by atoms with Crippen molar-refractivity contribution in [3.8, 4) is 0 Å². The molecule has 24 heavy (non-hydrogen) atoms. The van der Waals surface area contributed by atoms with Crippen molar-refractivity contribution in [1.29, 1.82) is 0 Å². The maximum Gasteiger partial charge on any atom is 0.00313 e. The fraction of sp³-hybridized carbons (Fsp3) is 0.818. The van der Waals surface area contributed by atoms with E-state index in [0.29, 0.717) is 0 Å². The van der Waals surface area contributed by atoms with E-state index < -0.39 is 0 Å². The van der Waals surface area contributed by atoms with Crippen LogP contribution < -0.4 is 0 Å². The van der Waals surface area contributed by atoms with E-state index in [9.17, 15) is 0 Å². The Morgan fingerprint density at radius 3 is 1.79 bits per heavy atom. The molecule has 0 aromatic heterocycles. The fourth-order valence-corrected chi connectivity index (χ4v) is 3.51. The average Bonchev–Trinajstić information content (AvgIpc) is 2.59. The van der Waals surface area contributed by atoms with Gasteiger partial charge in [-0.2, -0.15) is 0 Å². The predicted octanol–water partition coefficient (Wildman–Crippen LogP) is 9.18. The van der Waals surface area contributed by atoms with Gasteiger partial charge in [-0.1, -0.05) is 110 Å². The number of allylic oxidation sites excluding steroid dienone is 3. The van der Waals surface area contributed by atoms with E-state index in [0.717, 1.165) is 12.3 Å². The van der Waals surface area contributed by atoms with E-state index in [2.05, 4.69) is 41.1 Å². The van der Waals surface area contributed by atoms with Crippen LogP contribution in [0.25, 0.3) is 0 Å². The van der Waals surface area contributed by atoms with Gasteiger partial charge in [-0.15, -0.1) is 0 Å². The van der Waals surface area contributed by atoms with Gasteiger partial charge in [-0.3, -0.25) is 0 Å². The third-order valence-electron chi connectivity index (χ3n) is 4.59. The van der Waals surface area contributed by atoms with E-state index >= 15 is 0 Å². The Balaban J connectivity index is 3.26. The minimum Gasteiger partial charge on any atom is -0.0933 e. The summed E-state index contributed by atoms with van der Waals surface area (Å²) in [6, 6.07) is 0. The zero-order valence-electron chi connectivity index (χ0n) is 16.0. The Labute approximate surface area is 165 Å². The van der Waals surface area contributed by atoms with Crippen molar-refractivity contribution in [2.45, 2.75) is 103 Å². The van der Waals surface area contributed by atoms with Gasteiger partial charge in [0.05, 0.1) is 0 Å². The Bertz CT molecular complexity index is 286. The van der Waals surface area contributed by atoms with Crippen molar-refractivity contribution >= 4 is 27.5 Å². The second kappa shape index (κ2) is 21.3. The van der Waals surface area contributed by atoms with Crippen molar-refractivity contribution in [3.63, 3.8) is 0 Å². The second-order valence-corrected chi connectivity index (χ2v) is 8.11. The molecule has 0 heterocycles. The van der Waals surface area contributed by atoms with Crippen LogP contribution in [0.5, 0.6) is 0 Å². The molecule has 0 rings (SSSR count). The van der Waals surface area contributed by atoms with E-state index in [1.807, 2.05) is 0 Å². The van der Waals surface area contributed by atoms with Crippen LogP contribution in [0.2, 0.25) is 0 Å². The number of halogens is 2. The van der Waals surface area contributed by atoms with Crippen molar-refractivity contribution in [2.75, 3.05) is 5.33 Å². The quantitative estimate of drug-likeness (QED) is 0.118. The molecule has 0 saturated heterocycles. The van der Waals surface area contributed by atoms with Gasteiger partial charge in [0.25, 0.3) is 0 Å². The van der Waals surface area contributed by atoms with Crippen molar-refractivity contribution in [3.05, 3.63) is 23.8 Å². The van der Waals surface area contributed by atoms with Gasteiger partial charge in [-0.25, -0.2) is 0 Å². The zero-order chi connectivity index (χ0) is 17.7. The number of hydrogen-bond donors (Lipinski definition) is 0. The lowest BCUT2D eigenvalue weighted by Crippen LogP contribution is -1.90. The summed E-state index contributed by atoms with van der Waals surface area (Å²) in [6.45, 7) is 2.37. The fourth-order valence-electron chi connectivity index (χ4n) is 2.99. The standard InChI is InChI=1S/C22H40BrCl/c1-22(19-15-11-7-5-9-13-17-21-24)18-14-10-6-3-2-4-8-12-16-20-23/h14,17-18,21-22H,2-13,15-16,19-20H2,1H3. The molecular formula is C22H40BrCl.